The third kappa shape index (κ3) is 3.40. The zero-order chi connectivity index (χ0) is 11.4. The fraction of sp³-hybridized carbons (Fsp3) is 0.917. The molecule has 3 nitrogen and oxygen atoms in total. The molecule has 0 spiro atoms. The monoisotopic (exact) mass is 214 g/mol. The van der Waals surface area contributed by atoms with E-state index in [-0.39, 0.29) is 6.10 Å². The van der Waals surface area contributed by atoms with Gasteiger partial charge < -0.3 is 9.47 Å². The zero-order valence-electron chi connectivity index (χ0n) is 10.2. The van der Waals surface area contributed by atoms with Crippen molar-refractivity contribution in [2.75, 3.05) is 7.11 Å². The van der Waals surface area contributed by atoms with Crippen LogP contribution in [0.3, 0.4) is 0 Å². The van der Waals surface area contributed by atoms with Gasteiger partial charge in [0.05, 0.1) is 7.11 Å². The Kier molecular flexibility index (Phi) is 4.43. The molecule has 88 valence electrons. The van der Waals surface area contributed by atoms with E-state index >= 15 is 0 Å². The van der Waals surface area contributed by atoms with Crippen molar-refractivity contribution in [1.82, 2.24) is 0 Å². The summed E-state index contributed by atoms with van der Waals surface area (Å²) < 4.78 is 9.88. The highest BCUT2D eigenvalue weighted by Gasteiger charge is 2.33. The largest absolute Gasteiger partial charge is 0.508 e. The summed E-state index contributed by atoms with van der Waals surface area (Å²) in [6.07, 6.45) is 2.86. The summed E-state index contributed by atoms with van der Waals surface area (Å²) in [5.74, 6) is 1.70. The minimum atomic E-state index is -0.542. The lowest BCUT2D eigenvalue weighted by molar-refractivity contribution is -0.0248. The molecule has 0 N–H and O–H groups in total. The Hall–Kier alpha value is -0.730. The van der Waals surface area contributed by atoms with E-state index in [1.165, 1.54) is 13.5 Å². The first-order chi connectivity index (χ1) is 7.04. The van der Waals surface area contributed by atoms with Crippen LogP contribution in [-0.2, 0) is 9.47 Å². The summed E-state index contributed by atoms with van der Waals surface area (Å²) in [6, 6.07) is 0. The maximum Gasteiger partial charge on any atom is 0.508 e. The predicted octanol–water partition coefficient (Wildman–Crippen LogP) is 3.23. The Labute approximate surface area is 92.1 Å². The van der Waals surface area contributed by atoms with Crippen molar-refractivity contribution in [2.24, 2.45) is 17.8 Å². The van der Waals surface area contributed by atoms with Crippen LogP contribution in [0.15, 0.2) is 0 Å². The van der Waals surface area contributed by atoms with Crippen molar-refractivity contribution in [3.8, 4) is 0 Å². The van der Waals surface area contributed by atoms with E-state index in [1.54, 1.807) is 0 Å². The normalized spacial score (nSPS) is 31.4. The first-order valence-electron chi connectivity index (χ1n) is 5.79. The van der Waals surface area contributed by atoms with Gasteiger partial charge in [-0.1, -0.05) is 27.2 Å². The standard InChI is InChI=1S/C12H22O3/c1-8(2)10-6-5-9(3)7-11(10)15-12(13)14-4/h8-11H,5-7H2,1-4H3/t9-,10+,11?/m1/s1. The van der Waals surface area contributed by atoms with Crippen LogP contribution in [-0.4, -0.2) is 19.4 Å². The third-order valence-corrected chi connectivity index (χ3v) is 3.38. The first kappa shape index (κ1) is 12.3. The number of rotatable bonds is 2. The molecule has 1 fully saturated rings. The maximum atomic E-state index is 11.1. The van der Waals surface area contributed by atoms with Gasteiger partial charge in [-0.25, -0.2) is 4.79 Å². The topological polar surface area (TPSA) is 35.5 Å². The summed E-state index contributed by atoms with van der Waals surface area (Å²) in [6.45, 7) is 6.59. The average Bonchev–Trinajstić information content (AvgIpc) is 2.17. The first-order valence-corrected chi connectivity index (χ1v) is 5.79. The van der Waals surface area contributed by atoms with Gasteiger partial charge in [-0.05, 0) is 30.6 Å². The lowest BCUT2D eigenvalue weighted by Gasteiger charge is -2.36. The number of methoxy groups -OCH3 is 1. The molecule has 0 aromatic heterocycles. The second-order valence-corrected chi connectivity index (χ2v) is 4.94. The van der Waals surface area contributed by atoms with Crippen molar-refractivity contribution < 1.29 is 14.3 Å². The molecular formula is C12H22O3. The molecule has 0 aromatic rings. The molecule has 0 heterocycles. The lowest BCUT2D eigenvalue weighted by Crippen LogP contribution is -2.35. The molecule has 1 aliphatic carbocycles. The van der Waals surface area contributed by atoms with Crippen LogP contribution in [0.1, 0.15) is 40.0 Å². The molecule has 15 heavy (non-hydrogen) atoms. The molecule has 1 unspecified atom stereocenters. The van der Waals surface area contributed by atoms with Gasteiger partial charge >= 0.3 is 6.16 Å². The Bertz CT molecular complexity index is 213. The van der Waals surface area contributed by atoms with Crippen molar-refractivity contribution >= 4 is 6.16 Å². The van der Waals surface area contributed by atoms with E-state index in [0.29, 0.717) is 17.8 Å². The number of ether oxygens (including phenoxy) is 2. The fourth-order valence-electron chi connectivity index (χ4n) is 2.42. The second-order valence-electron chi connectivity index (χ2n) is 4.94. The summed E-state index contributed by atoms with van der Waals surface area (Å²) in [7, 11) is 1.36. The van der Waals surface area contributed by atoms with Crippen LogP contribution >= 0.6 is 0 Å². The van der Waals surface area contributed by atoms with Gasteiger partial charge in [-0.3, -0.25) is 0 Å². The smallest absolute Gasteiger partial charge is 0.438 e. The van der Waals surface area contributed by atoms with Crippen LogP contribution in [0.4, 0.5) is 4.79 Å². The Balaban J connectivity index is 2.57. The molecule has 1 saturated carbocycles. The summed E-state index contributed by atoms with van der Waals surface area (Å²) >= 11 is 0. The van der Waals surface area contributed by atoms with E-state index in [1.807, 2.05) is 0 Å². The molecule has 0 bridgehead atoms. The molecule has 3 atom stereocenters. The zero-order valence-corrected chi connectivity index (χ0v) is 10.2. The minimum absolute atomic E-state index is 0.0428. The molecule has 0 saturated heterocycles. The molecule has 0 aliphatic heterocycles. The lowest BCUT2D eigenvalue weighted by atomic mass is 9.75. The van der Waals surface area contributed by atoms with E-state index in [4.69, 9.17) is 4.74 Å². The van der Waals surface area contributed by atoms with E-state index in [2.05, 4.69) is 25.5 Å². The maximum absolute atomic E-state index is 11.1. The fourth-order valence-corrected chi connectivity index (χ4v) is 2.42. The van der Waals surface area contributed by atoms with Crippen LogP contribution in [0.25, 0.3) is 0 Å². The summed E-state index contributed by atoms with van der Waals surface area (Å²) in [4.78, 5) is 11.1. The van der Waals surface area contributed by atoms with Crippen molar-refractivity contribution in [2.45, 2.75) is 46.1 Å². The molecule has 3 heteroatoms. The predicted molar refractivity (Wildman–Crippen MR) is 58.6 cm³/mol. The Morgan fingerprint density at radius 1 is 1.33 bits per heavy atom. The van der Waals surface area contributed by atoms with E-state index in [9.17, 15) is 4.79 Å². The van der Waals surface area contributed by atoms with Gasteiger partial charge in [0.15, 0.2) is 0 Å². The van der Waals surface area contributed by atoms with Crippen molar-refractivity contribution in [3.05, 3.63) is 0 Å². The Morgan fingerprint density at radius 3 is 2.53 bits per heavy atom. The van der Waals surface area contributed by atoms with E-state index < -0.39 is 6.16 Å². The van der Waals surface area contributed by atoms with Crippen LogP contribution in [0.5, 0.6) is 0 Å². The number of hydrogen-bond donors (Lipinski definition) is 0. The van der Waals surface area contributed by atoms with Gasteiger partial charge in [0.2, 0.25) is 0 Å². The molecule has 1 aliphatic rings. The molecular weight excluding hydrogens is 192 g/mol. The van der Waals surface area contributed by atoms with Gasteiger partial charge in [0, 0.05) is 0 Å². The highest BCUT2D eigenvalue weighted by atomic mass is 16.7. The number of hydrogen-bond acceptors (Lipinski definition) is 3. The summed E-state index contributed by atoms with van der Waals surface area (Å²) in [5.41, 5.74) is 0. The van der Waals surface area contributed by atoms with Crippen molar-refractivity contribution in [3.63, 3.8) is 0 Å². The molecule has 1 rings (SSSR count). The molecule has 0 aromatic carbocycles. The highest BCUT2D eigenvalue weighted by molar-refractivity contribution is 5.59. The van der Waals surface area contributed by atoms with Gasteiger partial charge in [0.25, 0.3) is 0 Å². The quantitative estimate of drug-likeness (QED) is 0.662. The Morgan fingerprint density at radius 2 is 2.00 bits per heavy atom. The number of carbonyl (C=O) groups excluding carboxylic acids is 1. The van der Waals surface area contributed by atoms with E-state index in [0.717, 1.165) is 12.8 Å². The SMILES string of the molecule is COC(=O)OC1C[C@H](C)CC[C@H]1C(C)C. The minimum Gasteiger partial charge on any atom is -0.438 e. The van der Waals surface area contributed by atoms with Crippen LogP contribution in [0, 0.1) is 17.8 Å². The number of carbonyl (C=O) groups is 1. The molecule has 0 amide bonds. The summed E-state index contributed by atoms with van der Waals surface area (Å²) in [5, 5.41) is 0. The van der Waals surface area contributed by atoms with Gasteiger partial charge in [-0.2, -0.15) is 0 Å². The third-order valence-electron chi connectivity index (χ3n) is 3.38. The van der Waals surface area contributed by atoms with Gasteiger partial charge in [-0.15, -0.1) is 0 Å². The van der Waals surface area contributed by atoms with Crippen LogP contribution in [0.2, 0.25) is 0 Å². The highest BCUT2D eigenvalue weighted by Crippen LogP contribution is 2.35. The molecule has 0 radical (unpaired) electrons. The average molecular weight is 214 g/mol. The van der Waals surface area contributed by atoms with Crippen LogP contribution < -0.4 is 0 Å². The van der Waals surface area contributed by atoms with Gasteiger partial charge in [0.1, 0.15) is 6.10 Å². The van der Waals surface area contributed by atoms with Crippen molar-refractivity contribution in [1.29, 1.82) is 0 Å². The second kappa shape index (κ2) is 5.38.